The van der Waals surface area contributed by atoms with Gasteiger partial charge in [-0.05, 0) is 19.2 Å². The van der Waals surface area contributed by atoms with Crippen molar-refractivity contribution >= 4 is 5.91 Å². The third-order valence-electron chi connectivity index (χ3n) is 3.38. The number of carbonyl (C=O) groups excluding carboxylic acids is 1. The van der Waals surface area contributed by atoms with Crippen molar-refractivity contribution in [1.82, 2.24) is 20.1 Å². The lowest BCUT2D eigenvalue weighted by molar-refractivity contribution is -0.131. The molecule has 1 aliphatic rings. The van der Waals surface area contributed by atoms with Crippen molar-refractivity contribution in [2.45, 2.75) is 19.0 Å². The Morgan fingerprint density at radius 1 is 1.61 bits per heavy atom. The molecule has 5 nitrogen and oxygen atoms in total. The van der Waals surface area contributed by atoms with Gasteiger partial charge in [0.05, 0.1) is 6.54 Å². The molecule has 1 amide bonds. The van der Waals surface area contributed by atoms with E-state index in [1.54, 1.807) is 4.90 Å². The minimum Gasteiger partial charge on any atom is -0.364 e. The Morgan fingerprint density at radius 2 is 2.44 bits per heavy atom. The summed E-state index contributed by atoms with van der Waals surface area (Å²) in [7, 11) is 3.96. The number of likely N-dealkylation sites (N-methyl/N-ethyl adjacent to an activating group) is 1. The van der Waals surface area contributed by atoms with Gasteiger partial charge in [-0.2, -0.15) is 0 Å². The predicted octanol–water partition coefficient (Wildman–Crippen LogP) is 0.267. The Labute approximate surface area is 108 Å². The first-order valence-electron chi connectivity index (χ1n) is 6.43. The lowest BCUT2D eigenvalue weighted by Crippen LogP contribution is -2.50. The minimum absolute atomic E-state index is 0.192. The number of hydrogen-bond donors (Lipinski definition) is 2. The molecule has 1 aliphatic heterocycles. The molecule has 0 aliphatic carbocycles. The SMILES string of the molecule is CN1CCNC(CC(=O)N(C)Cc2ccc[nH]2)C1. The van der Waals surface area contributed by atoms with E-state index in [4.69, 9.17) is 0 Å². The van der Waals surface area contributed by atoms with Crippen LogP contribution in [0.1, 0.15) is 12.1 Å². The molecule has 1 unspecified atom stereocenters. The number of rotatable bonds is 4. The van der Waals surface area contributed by atoms with Crippen LogP contribution in [0.4, 0.5) is 0 Å². The van der Waals surface area contributed by atoms with E-state index in [2.05, 4.69) is 22.2 Å². The standard InChI is InChI=1S/C13H22N4O/c1-16-7-6-15-12(9-16)8-13(18)17(2)10-11-4-3-5-14-11/h3-5,12,14-15H,6-10H2,1-2H3. The summed E-state index contributed by atoms with van der Waals surface area (Å²) in [5, 5.41) is 3.40. The van der Waals surface area contributed by atoms with E-state index >= 15 is 0 Å². The topological polar surface area (TPSA) is 51.4 Å². The van der Waals surface area contributed by atoms with Gasteiger partial charge in [0.1, 0.15) is 0 Å². The number of nitrogens with one attached hydrogen (secondary N) is 2. The van der Waals surface area contributed by atoms with Gasteiger partial charge in [-0.15, -0.1) is 0 Å². The van der Waals surface area contributed by atoms with Crippen LogP contribution in [-0.2, 0) is 11.3 Å². The molecule has 1 aromatic rings. The monoisotopic (exact) mass is 250 g/mol. The fourth-order valence-electron chi connectivity index (χ4n) is 2.30. The molecule has 0 radical (unpaired) electrons. The maximum Gasteiger partial charge on any atom is 0.224 e. The van der Waals surface area contributed by atoms with Crippen molar-refractivity contribution in [3.05, 3.63) is 24.0 Å². The quantitative estimate of drug-likeness (QED) is 0.806. The number of aromatic amines is 1. The summed E-state index contributed by atoms with van der Waals surface area (Å²) in [5.41, 5.74) is 1.07. The van der Waals surface area contributed by atoms with E-state index in [0.29, 0.717) is 13.0 Å². The Bertz CT molecular complexity index is 376. The van der Waals surface area contributed by atoms with Crippen molar-refractivity contribution in [2.24, 2.45) is 0 Å². The number of piperazine rings is 1. The molecular formula is C13H22N4O. The Hall–Kier alpha value is -1.33. The number of aromatic nitrogens is 1. The summed E-state index contributed by atoms with van der Waals surface area (Å²) < 4.78 is 0. The van der Waals surface area contributed by atoms with Crippen LogP contribution in [0.25, 0.3) is 0 Å². The lowest BCUT2D eigenvalue weighted by Gasteiger charge is -2.31. The number of amides is 1. The number of hydrogen-bond acceptors (Lipinski definition) is 3. The van der Waals surface area contributed by atoms with Gasteiger partial charge in [-0.3, -0.25) is 4.79 Å². The number of nitrogens with zero attached hydrogens (tertiary/aromatic N) is 2. The van der Waals surface area contributed by atoms with Crippen LogP contribution >= 0.6 is 0 Å². The second kappa shape index (κ2) is 6.02. The zero-order valence-electron chi connectivity index (χ0n) is 11.1. The molecule has 1 saturated heterocycles. The summed E-state index contributed by atoms with van der Waals surface area (Å²) in [5.74, 6) is 0.192. The van der Waals surface area contributed by atoms with Crippen molar-refractivity contribution in [1.29, 1.82) is 0 Å². The van der Waals surface area contributed by atoms with Gasteiger partial charge in [-0.25, -0.2) is 0 Å². The Morgan fingerprint density at radius 3 is 3.11 bits per heavy atom. The van der Waals surface area contributed by atoms with Crippen molar-refractivity contribution < 1.29 is 4.79 Å². The molecular weight excluding hydrogens is 228 g/mol. The summed E-state index contributed by atoms with van der Waals surface area (Å²) in [6, 6.07) is 4.23. The molecule has 18 heavy (non-hydrogen) atoms. The summed E-state index contributed by atoms with van der Waals surface area (Å²) in [4.78, 5) is 19.3. The van der Waals surface area contributed by atoms with Crippen LogP contribution in [0.2, 0.25) is 0 Å². The van der Waals surface area contributed by atoms with Gasteiger partial charge in [0.2, 0.25) is 5.91 Å². The second-order valence-electron chi connectivity index (χ2n) is 5.06. The zero-order chi connectivity index (χ0) is 13.0. The smallest absolute Gasteiger partial charge is 0.224 e. The van der Waals surface area contributed by atoms with Gasteiger partial charge in [0.15, 0.2) is 0 Å². The highest BCUT2D eigenvalue weighted by Crippen LogP contribution is 2.06. The number of H-pyrrole nitrogens is 1. The van der Waals surface area contributed by atoms with Crippen LogP contribution in [-0.4, -0.2) is 60.5 Å². The molecule has 0 spiro atoms. The van der Waals surface area contributed by atoms with E-state index in [1.165, 1.54) is 0 Å². The Kier molecular flexibility index (Phi) is 4.38. The summed E-state index contributed by atoms with van der Waals surface area (Å²) in [6.07, 6.45) is 2.45. The minimum atomic E-state index is 0.192. The molecule has 2 rings (SSSR count). The van der Waals surface area contributed by atoms with E-state index in [-0.39, 0.29) is 11.9 Å². The highest BCUT2D eigenvalue weighted by Gasteiger charge is 2.21. The maximum absolute atomic E-state index is 12.1. The molecule has 2 heterocycles. The molecule has 0 saturated carbocycles. The molecule has 1 atom stereocenters. The third kappa shape index (κ3) is 3.58. The molecule has 100 valence electrons. The zero-order valence-corrected chi connectivity index (χ0v) is 11.1. The van der Waals surface area contributed by atoms with Crippen molar-refractivity contribution in [2.75, 3.05) is 33.7 Å². The fraction of sp³-hybridized carbons (Fsp3) is 0.615. The summed E-state index contributed by atoms with van der Waals surface area (Å²) in [6.45, 7) is 3.62. The van der Waals surface area contributed by atoms with Crippen molar-refractivity contribution in [3.8, 4) is 0 Å². The van der Waals surface area contributed by atoms with E-state index in [1.807, 2.05) is 25.4 Å². The van der Waals surface area contributed by atoms with E-state index < -0.39 is 0 Å². The maximum atomic E-state index is 12.1. The molecule has 2 N–H and O–H groups in total. The molecule has 1 fully saturated rings. The van der Waals surface area contributed by atoms with Crippen LogP contribution < -0.4 is 5.32 Å². The molecule has 5 heteroatoms. The van der Waals surface area contributed by atoms with Gasteiger partial charge >= 0.3 is 0 Å². The van der Waals surface area contributed by atoms with Gasteiger partial charge in [0, 0.05) is 51.0 Å². The first-order valence-corrected chi connectivity index (χ1v) is 6.43. The average Bonchev–Trinajstić information content (AvgIpc) is 2.81. The summed E-state index contributed by atoms with van der Waals surface area (Å²) >= 11 is 0. The van der Waals surface area contributed by atoms with Gasteiger partial charge in [0.25, 0.3) is 0 Å². The second-order valence-corrected chi connectivity index (χ2v) is 5.06. The Balaban J connectivity index is 1.79. The van der Waals surface area contributed by atoms with Crippen LogP contribution in [0, 0.1) is 0 Å². The first-order chi connectivity index (χ1) is 8.65. The van der Waals surface area contributed by atoms with E-state index in [0.717, 1.165) is 25.3 Å². The third-order valence-corrected chi connectivity index (χ3v) is 3.38. The van der Waals surface area contributed by atoms with E-state index in [9.17, 15) is 4.79 Å². The first kappa shape index (κ1) is 13.1. The molecule has 0 bridgehead atoms. The van der Waals surface area contributed by atoms with Gasteiger partial charge < -0.3 is 20.1 Å². The molecule has 0 aromatic carbocycles. The van der Waals surface area contributed by atoms with Crippen LogP contribution in [0.15, 0.2) is 18.3 Å². The fourth-order valence-corrected chi connectivity index (χ4v) is 2.30. The number of carbonyl (C=O) groups is 1. The highest BCUT2D eigenvalue weighted by molar-refractivity contribution is 5.76. The highest BCUT2D eigenvalue weighted by atomic mass is 16.2. The van der Waals surface area contributed by atoms with Crippen molar-refractivity contribution in [3.63, 3.8) is 0 Å². The largest absolute Gasteiger partial charge is 0.364 e. The van der Waals surface area contributed by atoms with Crippen LogP contribution in [0.3, 0.4) is 0 Å². The van der Waals surface area contributed by atoms with Crippen LogP contribution in [0.5, 0.6) is 0 Å². The van der Waals surface area contributed by atoms with Gasteiger partial charge in [-0.1, -0.05) is 0 Å². The predicted molar refractivity (Wildman–Crippen MR) is 71.2 cm³/mol. The average molecular weight is 250 g/mol. The molecule has 1 aromatic heterocycles. The lowest BCUT2D eigenvalue weighted by atomic mass is 10.1. The normalized spacial score (nSPS) is 20.9.